The molecule has 1 heterocycles. The van der Waals surface area contributed by atoms with Crippen molar-refractivity contribution in [1.82, 2.24) is 4.31 Å². The van der Waals surface area contributed by atoms with E-state index in [1.807, 2.05) is 0 Å². The number of methoxy groups -OCH3 is 2. The summed E-state index contributed by atoms with van der Waals surface area (Å²) in [7, 11) is -5.16. The molecular formula is C28H33N3O7S2. The Morgan fingerprint density at radius 3 is 2.15 bits per heavy atom. The minimum atomic E-state index is -4.19. The summed E-state index contributed by atoms with van der Waals surface area (Å²) < 4.78 is 67.2. The van der Waals surface area contributed by atoms with Crippen LogP contribution >= 0.6 is 0 Å². The van der Waals surface area contributed by atoms with Gasteiger partial charge in [0.15, 0.2) is 0 Å². The molecule has 10 nitrogen and oxygen atoms in total. The number of rotatable bonds is 10. The highest BCUT2D eigenvalue weighted by Crippen LogP contribution is 2.34. The Labute approximate surface area is 235 Å². The van der Waals surface area contributed by atoms with Crippen molar-refractivity contribution in [2.45, 2.75) is 36.0 Å². The van der Waals surface area contributed by atoms with E-state index in [0.29, 0.717) is 13.1 Å². The molecule has 1 fully saturated rings. The molecular weight excluding hydrogens is 554 g/mol. The smallest absolute Gasteiger partial charge is 0.264 e. The number of nitrogens with zero attached hydrogens (tertiary/aromatic N) is 2. The minimum absolute atomic E-state index is 0.00133. The topological polar surface area (TPSA) is 122 Å². The van der Waals surface area contributed by atoms with Gasteiger partial charge in [0.2, 0.25) is 15.9 Å². The third-order valence-electron chi connectivity index (χ3n) is 6.62. The van der Waals surface area contributed by atoms with E-state index in [4.69, 9.17) is 9.47 Å². The minimum Gasteiger partial charge on any atom is -0.495 e. The standard InChI is InChI=1S/C28H33N3O7S2/c1-21-12-14-27(38-3)25(18-21)31(40(35,36)22-10-6-4-7-11-22)20-28(32)29-24-19-23(13-15-26(24)37-2)39(33,34)30-16-8-5-9-17-30/h4,6-7,10-15,18-19H,5,8-9,16-17,20H2,1-3H3,(H,29,32). The van der Waals surface area contributed by atoms with Crippen molar-refractivity contribution in [2.24, 2.45) is 0 Å². The molecule has 40 heavy (non-hydrogen) atoms. The maximum absolute atomic E-state index is 13.8. The Morgan fingerprint density at radius 1 is 0.850 bits per heavy atom. The molecule has 12 heteroatoms. The van der Waals surface area contributed by atoms with Crippen molar-refractivity contribution < 1.29 is 31.1 Å². The van der Waals surface area contributed by atoms with Crippen LogP contribution in [-0.4, -0.2) is 60.9 Å². The van der Waals surface area contributed by atoms with Crippen LogP contribution in [0, 0.1) is 6.92 Å². The lowest BCUT2D eigenvalue weighted by Crippen LogP contribution is -2.38. The summed E-state index contributed by atoms with van der Waals surface area (Å²) in [4.78, 5) is 13.4. The summed E-state index contributed by atoms with van der Waals surface area (Å²) >= 11 is 0. The molecule has 0 saturated carbocycles. The second-order valence-electron chi connectivity index (χ2n) is 9.38. The summed E-state index contributed by atoms with van der Waals surface area (Å²) in [5.41, 5.74) is 1.07. The maximum Gasteiger partial charge on any atom is 0.264 e. The number of sulfonamides is 2. The lowest BCUT2D eigenvalue weighted by atomic mass is 10.2. The Morgan fingerprint density at radius 2 is 1.50 bits per heavy atom. The third kappa shape index (κ3) is 6.24. The predicted octanol–water partition coefficient (Wildman–Crippen LogP) is 4.02. The zero-order valence-corrected chi connectivity index (χ0v) is 24.3. The van der Waals surface area contributed by atoms with Crippen molar-refractivity contribution in [3.05, 3.63) is 72.3 Å². The molecule has 3 aromatic rings. The van der Waals surface area contributed by atoms with Gasteiger partial charge in [-0.3, -0.25) is 9.10 Å². The largest absolute Gasteiger partial charge is 0.495 e. The van der Waals surface area contributed by atoms with E-state index >= 15 is 0 Å². The van der Waals surface area contributed by atoms with Crippen molar-refractivity contribution in [2.75, 3.05) is 43.5 Å². The molecule has 1 aliphatic heterocycles. The van der Waals surface area contributed by atoms with Gasteiger partial charge in [-0.2, -0.15) is 4.31 Å². The highest BCUT2D eigenvalue weighted by molar-refractivity contribution is 7.93. The third-order valence-corrected chi connectivity index (χ3v) is 10.3. The number of aryl methyl sites for hydroxylation is 1. The number of amides is 1. The van der Waals surface area contributed by atoms with Crippen molar-refractivity contribution in [1.29, 1.82) is 0 Å². The lowest BCUT2D eigenvalue weighted by Gasteiger charge is -2.27. The SMILES string of the molecule is COc1ccc(S(=O)(=O)N2CCCCC2)cc1NC(=O)CN(c1cc(C)ccc1OC)S(=O)(=O)c1ccccc1. The number of piperidine rings is 1. The monoisotopic (exact) mass is 587 g/mol. The van der Waals surface area contributed by atoms with Crippen LogP contribution in [0.3, 0.4) is 0 Å². The van der Waals surface area contributed by atoms with Gasteiger partial charge >= 0.3 is 0 Å². The number of nitrogens with one attached hydrogen (secondary N) is 1. The fourth-order valence-electron chi connectivity index (χ4n) is 4.53. The molecule has 0 aliphatic carbocycles. The summed E-state index contributed by atoms with van der Waals surface area (Å²) in [6, 6.07) is 17.0. The van der Waals surface area contributed by atoms with E-state index in [1.165, 1.54) is 48.9 Å². The van der Waals surface area contributed by atoms with Crippen LogP contribution in [0.4, 0.5) is 11.4 Å². The van der Waals surface area contributed by atoms with E-state index in [9.17, 15) is 21.6 Å². The number of ether oxygens (including phenoxy) is 2. The van der Waals surface area contributed by atoms with Crippen molar-refractivity contribution >= 4 is 37.3 Å². The molecule has 0 radical (unpaired) electrons. The lowest BCUT2D eigenvalue weighted by molar-refractivity contribution is -0.114. The maximum atomic E-state index is 13.8. The van der Waals surface area contributed by atoms with Gasteiger partial charge < -0.3 is 14.8 Å². The first-order valence-electron chi connectivity index (χ1n) is 12.8. The summed E-state index contributed by atoms with van der Waals surface area (Å²) in [6.07, 6.45) is 2.55. The Balaban J connectivity index is 1.69. The molecule has 0 atom stereocenters. The number of carbonyl (C=O) groups excluding carboxylic acids is 1. The number of anilines is 2. The van der Waals surface area contributed by atoms with E-state index in [2.05, 4.69) is 5.32 Å². The van der Waals surface area contributed by atoms with Gasteiger partial charge in [0.1, 0.15) is 18.0 Å². The van der Waals surface area contributed by atoms with E-state index < -0.39 is 32.5 Å². The van der Waals surface area contributed by atoms with Gasteiger partial charge in [0, 0.05) is 13.1 Å². The number of carbonyl (C=O) groups is 1. The van der Waals surface area contributed by atoms with E-state index in [0.717, 1.165) is 29.1 Å². The molecule has 0 bridgehead atoms. The van der Waals surface area contributed by atoms with Crippen LogP contribution in [0.2, 0.25) is 0 Å². The molecule has 0 unspecified atom stereocenters. The first-order valence-corrected chi connectivity index (χ1v) is 15.7. The zero-order chi connectivity index (χ0) is 28.9. The molecule has 1 N–H and O–H groups in total. The molecule has 0 spiro atoms. The van der Waals surface area contributed by atoms with Gasteiger partial charge in [-0.25, -0.2) is 16.8 Å². The molecule has 214 valence electrons. The van der Waals surface area contributed by atoms with Crippen LogP contribution in [0.25, 0.3) is 0 Å². The molecule has 1 saturated heterocycles. The highest BCUT2D eigenvalue weighted by Gasteiger charge is 2.31. The summed E-state index contributed by atoms with van der Waals surface area (Å²) in [5, 5.41) is 2.66. The van der Waals surface area contributed by atoms with Crippen LogP contribution in [0.15, 0.2) is 76.5 Å². The van der Waals surface area contributed by atoms with E-state index in [-0.39, 0.29) is 32.7 Å². The number of hydrogen-bond acceptors (Lipinski definition) is 7. The first-order chi connectivity index (χ1) is 19.1. The molecule has 1 aliphatic rings. The second kappa shape index (κ2) is 12.3. The van der Waals surface area contributed by atoms with Gasteiger partial charge in [0.25, 0.3) is 10.0 Å². The quantitative estimate of drug-likeness (QED) is 0.380. The average Bonchev–Trinajstić information content (AvgIpc) is 2.96. The fourth-order valence-corrected chi connectivity index (χ4v) is 7.52. The van der Waals surface area contributed by atoms with Gasteiger partial charge in [-0.05, 0) is 67.8 Å². The normalized spacial score (nSPS) is 14.4. The highest BCUT2D eigenvalue weighted by atomic mass is 32.2. The van der Waals surface area contributed by atoms with Crippen LogP contribution in [-0.2, 0) is 24.8 Å². The van der Waals surface area contributed by atoms with Gasteiger partial charge in [0.05, 0.1) is 35.4 Å². The Bertz CT molecular complexity index is 1570. The zero-order valence-electron chi connectivity index (χ0n) is 22.7. The molecule has 0 aromatic heterocycles. The van der Waals surface area contributed by atoms with Crippen molar-refractivity contribution in [3.63, 3.8) is 0 Å². The molecule has 1 amide bonds. The van der Waals surface area contributed by atoms with Crippen LogP contribution < -0.4 is 19.1 Å². The first kappa shape index (κ1) is 29.4. The predicted molar refractivity (Wildman–Crippen MR) is 153 cm³/mol. The Kier molecular flexibility index (Phi) is 9.02. The van der Waals surface area contributed by atoms with Crippen LogP contribution in [0.1, 0.15) is 24.8 Å². The molecule has 3 aromatic carbocycles. The summed E-state index contributed by atoms with van der Waals surface area (Å²) in [5.74, 6) is -0.199. The second-order valence-corrected chi connectivity index (χ2v) is 13.2. The van der Waals surface area contributed by atoms with Crippen molar-refractivity contribution in [3.8, 4) is 11.5 Å². The summed E-state index contributed by atoms with van der Waals surface area (Å²) in [6.45, 7) is 2.06. The molecule has 4 rings (SSSR count). The fraction of sp³-hybridized carbons (Fsp3) is 0.321. The average molecular weight is 588 g/mol. The Hall–Kier alpha value is -3.61. The number of hydrogen-bond donors (Lipinski definition) is 1. The van der Waals surface area contributed by atoms with Gasteiger partial charge in [-0.15, -0.1) is 0 Å². The van der Waals surface area contributed by atoms with Crippen LogP contribution in [0.5, 0.6) is 11.5 Å². The number of benzene rings is 3. The van der Waals surface area contributed by atoms with E-state index in [1.54, 1.807) is 43.3 Å². The van der Waals surface area contributed by atoms with Gasteiger partial charge in [-0.1, -0.05) is 30.7 Å².